The molecule has 6 aromatic rings. The molecule has 0 atom stereocenters. The molecule has 6 rings (SSSR count). The second-order valence-electron chi connectivity index (χ2n) is 12.6. The lowest BCUT2D eigenvalue weighted by Crippen LogP contribution is -2.10. The van der Waals surface area contributed by atoms with Crippen LogP contribution >= 0.6 is 22.7 Å². The molecule has 7 heteroatoms. The second kappa shape index (κ2) is 11.5. The summed E-state index contributed by atoms with van der Waals surface area (Å²) >= 11 is 3.18. The van der Waals surface area contributed by atoms with Crippen molar-refractivity contribution in [2.45, 2.75) is 52.4 Å². The van der Waals surface area contributed by atoms with E-state index >= 15 is 0 Å². The molecule has 216 valence electrons. The van der Waals surface area contributed by atoms with Crippen molar-refractivity contribution in [1.82, 2.24) is 20.4 Å². The lowest BCUT2D eigenvalue weighted by atomic mass is 9.87. The standard InChI is InChI=1S/C36H34N4OS2/c1-35(2,3)27-15-7-23(8-16-27)31-37-39-33(42-31)25-11-19-29(20-12-25)41-30-21-13-26(14-22-30)34-40-38-32(43-34)24-9-17-28(18-10-24)36(4,5)6/h7-22H,1-6H3. The molecule has 5 nitrogen and oxygen atoms in total. The van der Waals surface area contributed by atoms with E-state index in [2.05, 4.69) is 110 Å². The Labute approximate surface area is 261 Å². The van der Waals surface area contributed by atoms with Crippen LogP contribution in [0.15, 0.2) is 97.1 Å². The Hall–Kier alpha value is -4.20. The molecule has 2 aromatic heterocycles. The van der Waals surface area contributed by atoms with Crippen LogP contribution in [-0.2, 0) is 10.8 Å². The summed E-state index contributed by atoms with van der Waals surface area (Å²) in [7, 11) is 0. The summed E-state index contributed by atoms with van der Waals surface area (Å²) in [6.45, 7) is 13.3. The average Bonchev–Trinajstić information content (AvgIpc) is 3.69. The van der Waals surface area contributed by atoms with Gasteiger partial charge in [-0.1, -0.05) is 113 Å². The molecule has 0 amide bonds. The SMILES string of the molecule is CC(C)(C)c1ccc(-c2nnc(-c3ccc(Oc4ccc(-c5nnc(-c6ccc(C(C)(C)C)cc6)s5)cc4)cc3)s2)cc1. The molecule has 2 heterocycles. The van der Waals surface area contributed by atoms with Gasteiger partial charge in [0.05, 0.1) is 0 Å². The number of hydrogen-bond donors (Lipinski definition) is 0. The fraction of sp³-hybridized carbons (Fsp3) is 0.222. The highest BCUT2D eigenvalue weighted by atomic mass is 32.1. The first-order valence-corrected chi connectivity index (χ1v) is 15.9. The highest BCUT2D eigenvalue weighted by Gasteiger charge is 2.16. The number of nitrogens with zero attached hydrogens (tertiary/aromatic N) is 4. The Balaban J connectivity index is 1.10. The highest BCUT2D eigenvalue weighted by Crippen LogP contribution is 2.35. The zero-order chi connectivity index (χ0) is 30.2. The average molecular weight is 603 g/mol. The topological polar surface area (TPSA) is 60.8 Å². The normalized spacial score (nSPS) is 12.0. The maximum atomic E-state index is 6.12. The van der Waals surface area contributed by atoms with Crippen LogP contribution in [0, 0.1) is 0 Å². The van der Waals surface area contributed by atoms with Gasteiger partial charge in [-0.2, -0.15) is 0 Å². The fourth-order valence-corrected chi connectivity index (χ4v) is 6.31. The first kappa shape index (κ1) is 28.9. The van der Waals surface area contributed by atoms with E-state index in [9.17, 15) is 0 Å². The molecule has 0 aliphatic rings. The van der Waals surface area contributed by atoms with E-state index in [-0.39, 0.29) is 10.8 Å². The first-order valence-electron chi connectivity index (χ1n) is 14.3. The summed E-state index contributed by atoms with van der Waals surface area (Å²) in [5.74, 6) is 1.52. The van der Waals surface area contributed by atoms with Crippen LogP contribution in [0.4, 0.5) is 0 Å². The maximum Gasteiger partial charge on any atom is 0.148 e. The molecular weight excluding hydrogens is 569 g/mol. The molecule has 0 aliphatic heterocycles. The Morgan fingerprint density at radius 1 is 0.395 bits per heavy atom. The number of ether oxygens (including phenoxy) is 1. The maximum absolute atomic E-state index is 6.12. The molecule has 0 spiro atoms. The van der Waals surface area contributed by atoms with Crippen molar-refractivity contribution < 1.29 is 4.74 Å². The molecule has 0 bridgehead atoms. The predicted molar refractivity (Wildman–Crippen MR) is 179 cm³/mol. The van der Waals surface area contributed by atoms with Crippen LogP contribution in [0.5, 0.6) is 11.5 Å². The predicted octanol–water partition coefficient (Wildman–Crippen LogP) is 10.4. The van der Waals surface area contributed by atoms with Crippen LogP contribution in [0.2, 0.25) is 0 Å². The molecule has 0 saturated carbocycles. The summed E-state index contributed by atoms with van der Waals surface area (Å²) in [6.07, 6.45) is 0. The third-order valence-electron chi connectivity index (χ3n) is 7.28. The van der Waals surface area contributed by atoms with E-state index in [1.165, 1.54) is 11.1 Å². The molecule has 0 radical (unpaired) electrons. The molecule has 0 unspecified atom stereocenters. The van der Waals surface area contributed by atoms with Crippen LogP contribution in [-0.4, -0.2) is 20.4 Å². The summed E-state index contributed by atoms with van der Waals surface area (Å²) in [5.41, 5.74) is 7.05. The number of hydrogen-bond acceptors (Lipinski definition) is 7. The van der Waals surface area contributed by atoms with Crippen molar-refractivity contribution in [3.8, 4) is 53.8 Å². The Morgan fingerprint density at radius 3 is 0.907 bits per heavy atom. The highest BCUT2D eigenvalue weighted by molar-refractivity contribution is 7.18. The van der Waals surface area contributed by atoms with E-state index in [0.29, 0.717) is 0 Å². The minimum Gasteiger partial charge on any atom is -0.457 e. The largest absolute Gasteiger partial charge is 0.457 e. The van der Waals surface area contributed by atoms with Crippen LogP contribution in [0.25, 0.3) is 42.3 Å². The number of rotatable bonds is 6. The Morgan fingerprint density at radius 2 is 0.651 bits per heavy atom. The Bertz CT molecular complexity index is 1690. The molecular formula is C36H34N4OS2. The van der Waals surface area contributed by atoms with Gasteiger partial charge in [-0.05, 0) is 70.5 Å². The van der Waals surface area contributed by atoms with Gasteiger partial charge in [0.1, 0.15) is 31.5 Å². The number of aromatic nitrogens is 4. The molecule has 0 aliphatic carbocycles. The van der Waals surface area contributed by atoms with Gasteiger partial charge in [-0.25, -0.2) is 0 Å². The van der Waals surface area contributed by atoms with Crippen molar-refractivity contribution in [3.63, 3.8) is 0 Å². The van der Waals surface area contributed by atoms with Crippen molar-refractivity contribution in [2.75, 3.05) is 0 Å². The van der Waals surface area contributed by atoms with Gasteiger partial charge in [0, 0.05) is 22.3 Å². The summed E-state index contributed by atoms with van der Waals surface area (Å²) in [6, 6.07) is 33.1. The third-order valence-corrected chi connectivity index (χ3v) is 9.33. The lowest BCUT2D eigenvalue weighted by Gasteiger charge is -2.18. The molecule has 0 N–H and O–H groups in total. The fourth-order valence-electron chi connectivity index (χ4n) is 4.61. The van der Waals surface area contributed by atoms with Crippen molar-refractivity contribution >= 4 is 22.7 Å². The van der Waals surface area contributed by atoms with E-state index in [1.54, 1.807) is 22.7 Å². The van der Waals surface area contributed by atoms with Crippen molar-refractivity contribution in [1.29, 1.82) is 0 Å². The van der Waals surface area contributed by atoms with Crippen LogP contribution in [0.1, 0.15) is 52.7 Å². The Kier molecular flexibility index (Phi) is 7.71. The third kappa shape index (κ3) is 6.58. The minimum absolute atomic E-state index is 0.124. The van der Waals surface area contributed by atoms with Crippen LogP contribution in [0.3, 0.4) is 0 Å². The van der Waals surface area contributed by atoms with Gasteiger partial charge in [-0.3, -0.25) is 0 Å². The quantitative estimate of drug-likeness (QED) is 0.190. The molecule has 0 fully saturated rings. The summed E-state index contributed by atoms with van der Waals surface area (Å²) in [4.78, 5) is 0. The van der Waals surface area contributed by atoms with Gasteiger partial charge in [-0.15, -0.1) is 20.4 Å². The smallest absolute Gasteiger partial charge is 0.148 e. The second-order valence-corrected chi connectivity index (χ2v) is 14.6. The zero-order valence-corrected chi connectivity index (χ0v) is 26.9. The van der Waals surface area contributed by atoms with Crippen molar-refractivity contribution in [3.05, 3.63) is 108 Å². The summed E-state index contributed by atoms with van der Waals surface area (Å²) in [5, 5.41) is 21.3. The van der Waals surface area contributed by atoms with E-state index in [0.717, 1.165) is 53.8 Å². The van der Waals surface area contributed by atoms with Gasteiger partial charge in [0.25, 0.3) is 0 Å². The van der Waals surface area contributed by atoms with Gasteiger partial charge in [0.15, 0.2) is 0 Å². The van der Waals surface area contributed by atoms with Gasteiger partial charge >= 0.3 is 0 Å². The lowest BCUT2D eigenvalue weighted by molar-refractivity contribution is 0.483. The zero-order valence-electron chi connectivity index (χ0n) is 25.3. The first-order chi connectivity index (χ1) is 20.5. The van der Waals surface area contributed by atoms with E-state index in [1.807, 2.05) is 48.5 Å². The van der Waals surface area contributed by atoms with E-state index < -0.39 is 0 Å². The number of benzene rings is 4. The minimum atomic E-state index is 0.124. The molecule has 43 heavy (non-hydrogen) atoms. The monoisotopic (exact) mass is 602 g/mol. The molecule has 0 saturated heterocycles. The van der Waals surface area contributed by atoms with E-state index in [4.69, 9.17) is 4.74 Å². The summed E-state index contributed by atoms with van der Waals surface area (Å²) < 4.78 is 6.12. The molecule has 4 aromatic carbocycles. The van der Waals surface area contributed by atoms with Gasteiger partial charge < -0.3 is 4.74 Å². The van der Waals surface area contributed by atoms with Crippen molar-refractivity contribution in [2.24, 2.45) is 0 Å². The van der Waals surface area contributed by atoms with Gasteiger partial charge in [0.2, 0.25) is 0 Å². The van der Waals surface area contributed by atoms with Crippen LogP contribution < -0.4 is 4.74 Å².